The van der Waals surface area contributed by atoms with Crippen molar-refractivity contribution in [3.8, 4) is 0 Å². The monoisotopic (exact) mass is 1020 g/mol. The Labute approximate surface area is 394 Å². The van der Waals surface area contributed by atoms with Gasteiger partial charge in [0.1, 0.15) is 23.0 Å². The molecule has 0 aliphatic carbocycles. The number of halogens is 12. The van der Waals surface area contributed by atoms with Crippen LogP contribution in [0, 0.1) is 11.6 Å². The Kier molecular flexibility index (Phi) is 19.7. The van der Waals surface area contributed by atoms with Crippen LogP contribution < -0.4 is 22.1 Å². The number of carboxylic acids is 1. The summed E-state index contributed by atoms with van der Waals surface area (Å²) in [6.45, 7) is 0. The minimum Gasteiger partial charge on any atom is -0.475 e. The average molecular weight is 1020 g/mol. The Morgan fingerprint density at radius 1 is 0.543 bits per heavy atom. The second kappa shape index (κ2) is 24.5. The quantitative estimate of drug-likeness (QED) is 0.0523. The number of carbonyl (C=O) groups excluding carboxylic acids is 4. The fraction of sp³-hybridized carbons (Fsp3) is 0.205. The van der Waals surface area contributed by atoms with E-state index in [2.05, 4.69) is 31.0 Å². The van der Waals surface area contributed by atoms with Crippen LogP contribution in [0.25, 0.3) is 0 Å². The maximum atomic E-state index is 13.8. The second-order valence-electron chi connectivity index (χ2n) is 14.5. The van der Waals surface area contributed by atoms with Crippen molar-refractivity contribution in [1.82, 2.24) is 20.4 Å². The molecular formula is C44H38ClF11N8O6. The van der Waals surface area contributed by atoms with E-state index < -0.39 is 82.3 Å². The van der Waals surface area contributed by atoms with Crippen LogP contribution in [0.4, 0.5) is 59.7 Å². The highest BCUT2D eigenvalue weighted by Crippen LogP contribution is 2.33. The summed E-state index contributed by atoms with van der Waals surface area (Å²) < 4.78 is 136. The van der Waals surface area contributed by atoms with Crippen LogP contribution >= 0.6 is 12.4 Å². The first-order valence-corrected chi connectivity index (χ1v) is 19.6. The highest BCUT2D eigenvalue weighted by atomic mass is 35.5. The third-order valence-electron chi connectivity index (χ3n) is 9.38. The molecule has 2 heterocycles. The first-order valence-electron chi connectivity index (χ1n) is 19.6. The molecule has 4 amide bonds. The van der Waals surface area contributed by atoms with Crippen LogP contribution in [-0.4, -0.2) is 61.3 Å². The molecule has 0 spiro atoms. The van der Waals surface area contributed by atoms with E-state index >= 15 is 0 Å². The Hall–Kier alpha value is -7.83. The predicted molar refractivity (Wildman–Crippen MR) is 230 cm³/mol. The van der Waals surface area contributed by atoms with E-state index in [4.69, 9.17) is 21.4 Å². The molecule has 0 radical (unpaired) electrons. The summed E-state index contributed by atoms with van der Waals surface area (Å²) >= 11 is 0. The van der Waals surface area contributed by atoms with Crippen molar-refractivity contribution >= 4 is 53.4 Å². The summed E-state index contributed by atoms with van der Waals surface area (Å²) in [5.74, 6) is -7.20. The van der Waals surface area contributed by atoms with Crippen LogP contribution in [0.2, 0.25) is 0 Å². The molecule has 0 atom stereocenters. The Bertz CT molecular complexity index is 2620. The van der Waals surface area contributed by atoms with E-state index in [0.717, 1.165) is 11.1 Å². The van der Waals surface area contributed by atoms with Gasteiger partial charge in [-0.2, -0.15) is 49.7 Å². The van der Waals surface area contributed by atoms with Gasteiger partial charge < -0.3 is 27.2 Å². The number of alkyl halides is 9. The summed E-state index contributed by atoms with van der Waals surface area (Å²) in [7, 11) is 0. The number of aromatic nitrogens is 4. The van der Waals surface area contributed by atoms with Crippen LogP contribution in [-0.2, 0) is 65.3 Å². The Balaban J connectivity index is 0.000000322. The molecule has 0 aliphatic heterocycles. The van der Waals surface area contributed by atoms with E-state index in [-0.39, 0.29) is 36.6 Å². The SMILES string of the molecule is Cl.NC(=O)c1[nH]ncc1CCc1cccc(CC(=O)Nc2cc(C(F)(F)F)ccc2F)c1.NC(=O)c1[nH]ncc1CCc1cccc(CC(=O)Nc2cc(C(F)(F)F)ccc2F)c1.O=C(O)C(F)(F)F. The number of nitrogens with zero attached hydrogens (tertiary/aromatic N) is 2. The number of rotatable bonds is 14. The smallest absolute Gasteiger partial charge is 0.475 e. The molecule has 70 heavy (non-hydrogen) atoms. The number of H-pyrrole nitrogens is 2. The van der Waals surface area contributed by atoms with Crippen LogP contribution in [0.3, 0.4) is 0 Å². The summed E-state index contributed by atoms with van der Waals surface area (Å²) in [5, 5.41) is 24.2. The molecule has 0 fully saturated rings. The number of aromatic amines is 2. The van der Waals surface area contributed by atoms with Gasteiger partial charge in [0.25, 0.3) is 11.8 Å². The van der Waals surface area contributed by atoms with Gasteiger partial charge in [0.2, 0.25) is 11.8 Å². The highest BCUT2D eigenvalue weighted by molar-refractivity contribution is 5.94. The number of carboxylic acid groups (broad SMARTS) is 1. The lowest BCUT2D eigenvalue weighted by Gasteiger charge is -2.11. The zero-order valence-electron chi connectivity index (χ0n) is 35.6. The van der Waals surface area contributed by atoms with E-state index in [1.807, 2.05) is 12.1 Å². The van der Waals surface area contributed by atoms with Crippen LogP contribution in [0.15, 0.2) is 97.3 Å². The van der Waals surface area contributed by atoms with E-state index in [0.29, 0.717) is 84.3 Å². The van der Waals surface area contributed by atoms with Crippen molar-refractivity contribution in [2.45, 2.75) is 57.1 Å². The van der Waals surface area contributed by atoms with E-state index in [1.54, 1.807) is 36.4 Å². The summed E-state index contributed by atoms with van der Waals surface area (Å²) in [5.41, 5.74) is 12.1. The molecule has 0 saturated carbocycles. The van der Waals surface area contributed by atoms with Gasteiger partial charge in [0, 0.05) is 11.1 Å². The minimum atomic E-state index is -5.08. The van der Waals surface area contributed by atoms with Crippen molar-refractivity contribution in [3.63, 3.8) is 0 Å². The first-order chi connectivity index (χ1) is 32.2. The third kappa shape index (κ3) is 17.4. The molecule has 9 N–H and O–H groups in total. The number of aryl methyl sites for hydroxylation is 4. The molecule has 0 aliphatic rings. The largest absolute Gasteiger partial charge is 0.490 e. The van der Waals surface area contributed by atoms with Gasteiger partial charge in [-0.25, -0.2) is 13.6 Å². The maximum absolute atomic E-state index is 13.8. The number of hydrogen-bond donors (Lipinski definition) is 7. The Morgan fingerprint density at radius 2 is 0.886 bits per heavy atom. The predicted octanol–water partition coefficient (Wildman–Crippen LogP) is 8.32. The number of nitrogens with one attached hydrogen (secondary N) is 4. The van der Waals surface area contributed by atoms with E-state index in [1.165, 1.54) is 12.4 Å². The minimum absolute atomic E-state index is 0. The van der Waals surface area contributed by atoms with Crippen LogP contribution in [0.5, 0.6) is 0 Å². The summed E-state index contributed by atoms with van der Waals surface area (Å²) in [6.07, 6.45) is -9.60. The molecule has 0 bridgehead atoms. The standard InChI is InChI=1S/2C21H18F4N4O2.C2HF3O2.ClH/c2*22-16-7-6-15(21(23,24)25)10-17(16)28-18(30)9-13-3-1-2-12(8-13)4-5-14-11-27-29-19(14)20(26)31;3-2(4,5)1(6)7;/h2*1-3,6-8,10-11H,4-5,9H2,(H2,26,31)(H,27,29)(H,28,30);(H,6,7);1H. The zero-order valence-corrected chi connectivity index (χ0v) is 36.4. The van der Waals surface area contributed by atoms with Gasteiger partial charge in [-0.1, -0.05) is 48.5 Å². The lowest BCUT2D eigenvalue weighted by Crippen LogP contribution is -2.21. The number of primary amides is 2. The zero-order chi connectivity index (χ0) is 51.3. The third-order valence-corrected chi connectivity index (χ3v) is 9.38. The Morgan fingerprint density at radius 3 is 1.20 bits per heavy atom. The fourth-order valence-corrected chi connectivity index (χ4v) is 6.13. The van der Waals surface area contributed by atoms with Crippen molar-refractivity contribution in [1.29, 1.82) is 0 Å². The molecule has 26 heteroatoms. The average Bonchev–Trinajstić information content (AvgIpc) is 3.94. The topological polar surface area (TPSA) is 239 Å². The highest BCUT2D eigenvalue weighted by Gasteiger charge is 2.38. The molecule has 0 unspecified atom stereocenters. The first kappa shape index (κ1) is 56.5. The number of benzene rings is 4. The number of nitrogens with two attached hydrogens (primary N) is 2. The van der Waals surface area contributed by atoms with E-state index in [9.17, 15) is 67.5 Å². The number of aliphatic carboxylic acids is 1. The number of carbonyl (C=O) groups is 5. The molecule has 14 nitrogen and oxygen atoms in total. The number of hydrogen-bond acceptors (Lipinski definition) is 7. The fourth-order valence-electron chi connectivity index (χ4n) is 6.13. The lowest BCUT2D eigenvalue weighted by molar-refractivity contribution is -0.192. The van der Waals surface area contributed by atoms with Gasteiger partial charge in [-0.15, -0.1) is 12.4 Å². The normalized spacial score (nSPS) is 11.2. The lowest BCUT2D eigenvalue weighted by atomic mass is 10.0. The van der Waals surface area contributed by atoms with Gasteiger partial charge in [0.05, 0.1) is 47.7 Å². The molecule has 374 valence electrons. The van der Waals surface area contributed by atoms with Crippen molar-refractivity contribution in [3.05, 3.63) is 165 Å². The molecular weight excluding hydrogens is 981 g/mol. The molecule has 6 aromatic rings. The number of amides is 4. The molecule has 2 aromatic heterocycles. The number of anilines is 2. The van der Waals surface area contributed by atoms with Crippen molar-refractivity contribution < 1.29 is 77.4 Å². The van der Waals surface area contributed by atoms with Gasteiger partial charge in [-0.3, -0.25) is 29.4 Å². The van der Waals surface area contributed by atoms with Crippen molar-refractivity contribution in [2.75, 3.05) is 10.6 Å². The second-order valence-corrected chi connectivity index (χ2v) is 14.5. The van der Waals surface area contributed by atoms with Crippen LogP contribution in [0.1, 0.15) is 65.5 Å². The molecule has 6 rings (SSSR count). The summed E-state index contributed by atoms with van der Waals surface area (Å²) in [6, 6.07) is 17.7. The van der Waals surface area contributed by atoms with Gasteiger partial charge in [0.15, 0.2) is 0 Å². The van der Waals surface area contributed by atoms with Gasteiger partial charge >= 0.3 is 24.5 Å². The van der Waals surface area contributed by atoms with Crippen molar-refractivity contribution in [2.24, 2.45) is 11.5 Å². The van der Waals surface area contributed by atoms with Gasteiger partial charge in [-0.05, 0) is 84.3 Å². The maximum Gasteiger partial charge on any atom is 0.490 e. The summed E-state index contributed by atoms with van der Waals surface area (Å²) in [4.78, 5) is 56.1. The molecule has 4 aromatic carbocycles. The molecule has 0 saturated heterocycles.